The molecule has 1 rings (SSSR count). The highest BCUT2D eigenvalue weighted by Gasteiger charge is 2.09. The Balaban J connectivity index is 2.75. The van der Waals surface area contributed by atoms with Gasteiger partial charge in [0.15, 0.2) is 0 Å². The Labute approximate surface area is 104 Å². The Kier molecular flexibility index (Phi) is 4.56. The molecule has 0 aliphatic carbocycles. The minimum Gasteiger partial charge on any atom is -0.478 e. The van der Waals surface area contributed by atoms with Gasteiger partial charge >= 0.3 is 5.97 Å². The van der Waals surface area contributed by atoms with Gasteiger partial charge in [-0.15, -0.1) is 12.3 Å². The maximum absolute atomic E-state index is 11.3. The Hall–Kier alpha value is -1.99. The van der Waals surface area contributed by atoms with E-state index in [4.69, 9.17) is 23.1 Å². The molecule has 0 aliphatic heterocycles. The molecule has 0 fully saturated rings. The number of aromatic carboxylic acids is 1. The second kappa shape index (κ2) is 5.92. The number of carbonyl (C=O) groups is 2. The fraction of sp³-hybridized carbons (Fsp3) is 0.167. The van der Waals surface area contributed by atoms with E-state index in [1.807, 2.05) is 0 Å². The Morgan fingerprint density at radius 1 is 1.47 bits per heavy atom. The molecule has 1 amide bonds. The molecule has 0 spiro atoms. The normalized spacial score (nSPS) is 9.41. The lowest BCUT2D eigenvalue weighted by molar-refractivity contribution is -0.116. The van der Waals surface area contributed by atoms with Crippen LogP contribution >= 0.6 is 11.6 Å². The van der Waals surface area contributed by atoms with Crippen LogP contribution in [0.15, 0.2) is 18.2 Å². The van der Waals surface area contributed by atoms with Gasteiger partial charge in [0.1, 0.15) is 0 Å². The molecule has 0 saturated heterocycles. The molecule has 0 aromatic heterocycles. The van der Waals surface area contributed by atoms with Crippen LogP contribution in [0.4, 0.5) is 5.69 Å². The maximum Gasteiger partial charge on any atom is 0.337 e. The second-order valence-electron chi connectivity index (χ2n) is 3.25. The van der Waals surface area contributed by atoms with Crippen LogP contribution in [0.3, 0.4) is 0 Å². The van der Waals surface area contributed by atoms with Crippen LogP contribution in [0.1, 0.15) is 23.2 Å². The summed E-state index contributed by atoms with van der Waals surface area (Å²) in [5.74, 6) is 1.01. The lowest BCUT2D eigenvalue weighted by Crippen LogP contribution is -2.11. The third-order valence-corrected chi connectivity index (χ3v) is 2.29. The molecule has 88 valence electrons. The molecule has 2 N–H and O–H groups in total. The van der Waals surface area contributed by atoms with Gasteiger partial charge in [-0.3, -0.25) is 4.79 Å². The summed E-state index contributed by atoms with van der Waals surface area (Å²) in [6, 6.07) is 4.20. The number of carboxylic acids is 1. The van der Waals surface area contributed by atoms with Gasteiger partial charge in [0.05, 0.1) is 10.6 Å². The van der Waals surface area contributed by atoms with Crippen LogP contribution in [0, 0.1) is 12.3 Å². The summed E-state index contributed by atoms with van der Waals surface area (Å²) in [5.41, 5.74) is 0.440. The summed E-state index contributed by atoms with van der Waals surface area (Å²) < 4.78 is 0. The predicted octanol–water partition coefficient (Wildman–Crippen LogP) is 2.39. The molecule has 0 unspecified atom stereocenters. The van der Waals surface area contributed by atoms with Crippen LogP contribution in [0.25, 0.3) is 0 Å². The molecule has 1 aromatic carbocycles. The first-order chi connectivity index (χ1) is 8.04. The number of benzene rings is 1. The summed E-state index contributed by atoms with van der Waals surface area (Å²) in [4.78, 5) is 22.0. The van der Waals surface area contributed by atoms with Crippen molar-refractivity contribution in [2.45, 2.75) is 12.8 Å². The Morgan fingerprint density at radius 2 is 2.18 bits per heavy atom. The molecule has 1 aromatic rings. The van der Waals surface area contributed by atoms with Crippen LogP contribution in [0.2, 0.25) is 5.02 Å². The van der Waals surface area contributed by atoms with E-state index in [0.717, 1.165) is 0 Å². The number of nitrogens with one attached hydrogen (secondary N) is 1. The highest BCUT2D eigenvalue weighted by Crippen LogP contribution is 2.21. The average molecular weight is 252 g/mol. The molecule has 0 saturated carbocycles. The first-order valence-electron chi connectivity index (χ1n) is 4.80. The number of carbonyl (C=O) groups excluding carboxylic acids is 1. The fourth-order valence-electron chi connectivity index (χ4n) is 1.18. The summed E-state index contributed by atoms with van der Waals surface area (Å²) in [6.07, 6.45) is 5.60. The minimum absolute atomic E-state index is 0.00621. The molecular formula is C12H10ClNO3. The fourth-order valence-corrected chi connectivity index (χ4v) is 1.44. The third kappa shape index (κ3) is 3.82. The molecule has 17 heavy (non-hydrogen) atoms. The summed E-state index contributed by atoms with van der Waals surface area (Å²) in [6.45, 7) is 0. The summed E-state index contributed by atoms with van der Waals surface area (Å²) >= 11 is 5.75. The average Bonchev–Trinajstić information content (AvgIpc) is 2.26. The van der Waals surface area contributed by atoms with Crippen molar-refractivity contribution in [3.63, 3.8) is 0 Å². The van der Waals surface area contributed by atoms with Crippen LogP contribution in [0.5, 0.6) is 0 Å². The van der Waals surface area contributed by atoms with Crippen molar-refractivity contribution in [3.8, 4) is 12.3 Å². The molecule has 0 aliphatic rings. The topological polar surface area (TPSA) is 66.4 Å². The van der Waals surface area contributed by atoms with E-state index in [9.17, 15) is 9.59 Å². The molecule has 0 heterocycles. The second-order valence-corrected chi connectivity index (χ2v) is 3.66. The highest BCUT2D eigenvalue weighted by atomic mass is 35.5. The first-order valence-corrected chi connectivity index (χ1v) is 5.18. The lowest BCUT2D eigenvalue weighted by Gasteiger charge is -2.05. The predicted molar refractivity (Wildman–Crippen MR) is 65.1 cm³/mol. The van der Waals surface area contributed by atoms with E-state index in [1.165, 1.54) is 18.2 Å². The van der Waals surface area contributed by atoms with Crippen molar-refractivity contribution >= 4 is 29.2 Å². The van der Waals surface area contributed by atoms with E-state index in [2.05, 4.69) is 11.2 Å². The van der Waals surface area contributed by atoms with Gasteiger partial charge < -0.3 is 10.4 Å². The molecule has 0 radical (unpaired) electrons. The largest absolute Gasteiger partial charge is 0.478 e. The van der Waals surface area contributed by atoms with Crippen molar-refractivity contribution in [2.24, 2.45) is 0 Å². The zero-order chi connectivity index (χ0) is 12.8. The van der Waals surface area contributed by atoms with E-state index in [1.54, 1.807) is 0 Å². The number of amides is 1. The van der Waals surface area contributed by atoms with Crippen molar-refractivity contribution in [3.05, 3.63) is 28.8 Å². The number of anilines is 1. The highest BCUT2D eigenvalue weighted by molar-refractivity contribution is 6.33. The van der Waals surface area contributed by atoms with Crippen molar-refractivity contribution in [2.75, 3.05) is 5.32 Å². The smallest absolute Gasteiger partial charge is 0.337 e. The van der Waals surface area contributed by atoms with Gasteiger partial charge in [0, 0.05) is 18.5 Å². The maximum atomic E-state index is 11.3. The van der Waals surface area contributed by atoms with E-state index in [-0.39, 0.29) is 22.9 Å². The van der Waals surface area contributed by atoms with E-state index in [0.29, 0.717) is 12.1 Å². The number of halogens is 1. The Morgan fingerprint density at radius 3 is 2.71 bits per heavy atom. The van der Waals surface area contributed by atoms with E-state index < -0.39 is 5.97 Å². The van der Waals surface area contributed by atoms with Crippen molar-refractivity contribution in [1.29, 1.82) is 0 Å². The molecule has 4 nitrogen and oxygen atoms in total. The van der Waals surface area contributed by atoms with Gasteiger partial charge in [-0.1, -0.05) is 11.6 Å². The van der Waals surface area contributed by atoms with Gasteiger partial charge in [-0.05, 0) is 18.2 Å². The van der Waals surface area contributed by atoms with Gasteiger partial charge in [0.2, 0.25) is 5.91 Å². The summed E-state index contributed by atoms with van der Waals surface area (Å²) in [5, 5.41) is 11.4. The van der Waals surface area contributed by atoms with Crippen molar-refractivity contribution in [1.82, 2.24) is 0 Å². The van der Waals surface area contributed by atoms with Gasteiger partial charge in [0.25, 0.3) is 0 Å². The Bertz CT molecular complexity index is 491. The summed E-state index contributed by atoms with van der Waals surface area (Å²) in [7, 11) is 0. The number of carboxylic acid groups (broad SMARTS) is 1. The molecule has 0 atom stereocenters. The zero-order valence-corrected chi connectivity index (χ0v) is 9.62. The third-order valence-electron chi connectivity index (χ3n) is 1.98. The van der Waals surface area contributed by atoms with Gasteiger partial charge in [-0.2, -0.15) is 0 Å². The standard InChI is InChI=1S/C12H10ClNO3/c1-2-3-4-11(15)14-8-5-6-9(12(16)17)10(13)7-8/h1,5-7H,3-4H2,(H,14,15)(H,16,17). The molecular weight excluding hydrogens is 242 g/mol. The lowest BCUT2D eigenvalue weighted by atomic mass is 10.2. The minimum atomic E-state index is -1.11. The van der Waals surface area contributed by atoms with Gasteiger partial charge in [-0.25, -0.2) is 4.79 Å². The quantitative estimate of drug-likeness (QED) is 0.808. The zero-order valence-electron chi connectivity index (χ0n) is 8.87. The number of rotatable bonds is 4. The SMILES string of the molecule is C#CCCC(=O)Nc1ccc(C(=O)O)c(Cl)c1. The van der Waals surface area contributed by atoms with Crippen LogP contribution in [-0.2, 0) is 4.79 Å². The first kappa shape index (κ1) is 13.1. The van der Waals surface area contributed by atoms with Crippen LogP contribution in [-0.4, -0.2) is 17.0 Å². The van der Waals surface area contributed by atoms with E-state index >= 15 is 0 Å². The molecule has 5 heteroatoms. The molecule has 0 bridgehead atoms. The number of hydrogen-bond donors (Lipinski definition) is 2. The number of hydrogen-bond acceptors (Lipinski definition) is 2. The number of terminal acetylenes is 1. The van der Waals surface area contributed by atoms with Crippen LogP contribution < -0.4 is 5.32 Å². The van der Waals surface area contributed by atoms with Crippen molar-refractivity contribution < 1.29 is 14.7 Å². The monoisotopic (exact) mass is 251 g/mol.